The van der Waals surface area contributed by atoms with Crippen LogP contribution in [0.2, 0.25) is 10.0 Å². The Balaban J connectivity index is 1.92. The molecule has 9 heteroatoms. The topological polar surface area (TPSA) is 90.3 Å². The van der Waals surface area contributed by atoms with Gasteiger partial charge in [0.15, 0.2) is 5.78 Å². The lowest BCUT2D eigenvalue weighted by Crippen LogP contribution is -2.45. The number of aromatic nitrogens is 2. The molecule has 0 aliphatic heterocycles. The summed E-state index contributed by atoms with van der Waals surface area (Å²) in [4.78, 5) is 40.6. The van der Waals surface area contributed by atoms with Crippen molar-refractivity contribution < 1.29 is 4.79 Å². The van der Waals surface area contributed by atoms with Gasteiger partial charge in [0.2, 0.25) is 0 Å². The maximum atomic E-state index is 13.1. The van der Waals surface area contributed by atoms with E-state index in [4.69, 9.17) is 28.9 Å². The van der Waals surface area contributed by atoms with Crippen molar-refractivity contribution >= 4 is 34.8 Å². The fourth-order valence-corrected chi connectivity index (χ4v) is 3.83. The lowest BCUT2D eigenvalue weighted by Gasteiger charge is -2.19. The van der Waals surface area contributed by atoms with Crippen LogP contribution in [0.1, 0.15) is 28.4 Å². The Bertz CT molecular complexity index is 1250. The number of nitrogen functional groups attached to an aromatic ring is 1. The second-order valence-electron chi connectivity index (χ2n) is 7.51. The number of hydrogen-bond acceptors (Lipinski definition) is 5. The van der Waals surface area contributed by atoms with Gasteiger partial charge in [0.05, 0.1) is 23.1 Å². The van der Waals surface area contributed by atoms with Gasteiger partial charge in [-0.15, -0.1) is 0 Å². The molecule has 0 unspecified atom stereocenters. The van der Waals surface area contributed by atoms with Crippen molar-refractivity contribution in [2.45, 2.75) is 26.6 Å². The zero-order valence-corrected chi connectivity index (χ0v) is 19.4. The van der Waals surface area contributed by atoms with E-state index >= 15 is 0 Å². The Morgan fingerprint density at radius 3 is 2.31 bits per heavy atom. The highest BCUT2D eigenvalue weighted by Crippen LogP contribution is 2.23. The maximum absolute atomic E-state index is 13.1. The van der Waals surface area contributed by atoms with Crippen LogP contribution in [-0.4, -0.2) is 33.4 Å². The number of halogens is 2. The molecular weight excluding hydrogens is 451 g/mol. The van der Waals surface area contributed by atoms with Gasteiger partial charge < -0.3 is 5.73 Å². The minimum absolute atomic E-state index is 0.0626. The van der Waals surface area contributed by atoms with E-state index in [0.29, 0.717) is 16.6 Å². The Kier molecular flexibility index (Phi) is 7.56. The quantitative estimate of drug-likeness (QED) is 0.505. The second kappa shape index (κ2) is 10.2. The van der Waals surface area contributed by atoms with Crippen molar-refractivity contribution in [3.8, 4) is 0 Å². The molecule has 0 bridgehead atoms. The largest absolute Gasteiger partial charge is 0.384 e. The molecule has 1 heterocycles. The van der Waals surface area contributed by atoms with Gasteiger partial charge >= 0.3 is 5.69 Å². The minimum atomic E-state index is -0.674. The Morgan fingerprint density at radius 2 is 1.69 bits per heavy atom. The lowest BCUT2D eigenvalue weighted by molar-refractivity contribution is 0.0941. The molecule has 2 N–H and O–H groups in total. The highest BCUT2D eigenvalue weighted by molar-refractivity contribution is 6.42. The van der Waals surface area contributed by atoms with Crippen molar-refractivity contribution in [3.05, 3.63) is 96.1 Å². The van der Waals surface area contributed by atoms with E-state index in [1.807, 2.05) is 36.4 Å². The molecule has 0 radical (unpaired) electrons. The summed E-state index contributed by atoms with van der Waals surface area (Å²) in [5.74, 6) is -0.583. The molecule has 0 atom stereocenters. The molecule has 0 fully saturated rings. The van der Waals surface area contributed by atoms with Gasteiger partial charge in [-0.3, -0.25) is 23.6 Å². The number of likely N-dealkylation sites (N-methyl/N-ethyl adjacent to an activating group) is 1. The Hall–Kier alpha value is -2.87. The molecule has 0 saturated carbocycles. The minimum Gasteiger partial charge on any atom is -0.384 e. The number of Topliss-reactive ketones (excluding diaryl/α,β-unsaturated/α-hetero) is 1. The number of carbonyl (C=O) groups is 1. The molecule has 0 aliphatic rings. The first-order chi connectivity index (χ1) is 15.2. The molecule has 3 rings (SSSR count). The summed E-state index contributed by atoms with van der Waals surface area (Å²) in [6, 6.07) is 14.5. The molecule has 0 saturated heterocycles. The molecule has 7 nitrogen and oxygen atoms in total. The monoisotopic (exact) mass is 474 g/mol. The SMILES string of the molecule is CCn1c(=O)c(C(=O)CN(C)Cc2ccc(Cl)c(Cl)c2)c(N)n(Cc2ccccc2)c1=O. The smallest absolute Gasteiger partial charge is 0.332 e. The molecular formula is C23H24Cl2N4O3. The number of benzene rings is 2. The molecule has 168 valence electrons. The summed E-state index contributed by atoms with van der Waals surface area (Å²) >= 11 is 12.0. The van der Waals surface area contributed by atoms with Crippen LogP contribution < -0.4 is 17.0 Å². The molecule has 0 spiro atoms. The van der Waals surface area contributed by atoms with E-state index < -0.39 is 17.0 Å². The number of hydrogen-bond donors (Lipinski definition) is 1. The first-order valence-electron chi connectivity index (χ1n) is 10.1. The van der Waals surface area contributed by atoms with Gasteiger partial charge in [-0.2, -0.15) is 0 Å². The number of anilines is 1. The molecule has 0 amide bonds. The van der Waals surface area contributed by atoms with Crippen LogP contribution in [0.15, 0.2) is 58.1 Å². The van der Waals surface area contributed by atoms with E-state index in [9.17, 15) is 14.4 Å². The van der Waals surface area contributed by atoms with Crippen LogP contribution in [-0.2, 0) is 19.6 Å². The van der Waals surface area contributed by atoms with E-state index in [0.717, 1.165) is 15.7 Å². The normalized spacial score (nSPS) is 11.2. The Labute approximate surface area is 195 Å². The first kappa shape index (κ1) is 23.8. The molecule has 1 aromatic heterocycles. The summed E-state index contributed by atoms with van der Waals surface area (Å²) < 4.78 is 2.30. The number of rotatable bonds is 8. The van der Waals surface area contributed by atoms with Crippen molar-refractivity contribution in [1.29, 1.82) is 0 Å². The average Bonchev–Trinajstić information content (AvgIpc) is 2.75. The third-order valence-corrected chi connectivity index (χ3v) is 5.84. The summed E-state index contributed by atoms with van der Waals surface area (Å²) in [7, 11) is 1.74. The lowest BCUT2D eigenvalue weighted by atomic mass is 10.1. The zero-order chi connectivity index (χ0) is 23.4. The van der Waals surface area contributed by atoms with Crippen LogP contribution in [0, 0.1) is 0 Å². The van der Waals surface area contributed by atoms with E-state index in [2.05, 4.69) is 0 Å². The maximum Gasteiger partial charge on any atom is 0.332 e. The van der Waals surface area contributed by atoms with Crippen LogP contribution in [0.5, 0.6) is 0 Å². The number of nitrogens with two attached hydrogens (primary N) is 1. The third kappa shape index (κ3) is 5.12. The van der Waals surface area contributed by atoms with E-state index in [-0.39, 0.29) is 31.0 Å². The number of ketones is 1. The third-order valence-electron chi connectivity index (χ3n) is 5.10. The highest BCUT2D eigenvalue weighted by Gasteiger charge is 2.23. The van der Waals surface area contributed by atoms with E-state index in [1.54, 1.807) is 31.0 Å². The first-order valence-corrected chi connectivity index (χ1v) is 10.8. The van der Waals surface area contributed by atoms with Gasteiger partial charge in [-0.1, -0.05) is 59.6 Å². The van der Waals surface area contributed by atoms with Gasteiger partial charge in [-0.05, 0) is 37.2 Å². The molecule has 3 aromatic rings. The molecule has 0 aliphatic carbocycles. The predicted molar refractivity (Wildman–Crippen MR) is 128 cm³/mol. The van der Waals surface area contributed by atoms with Crippen molar-refractivity contribution in [1.82, 2.24) is 14.0 Å². The van der Waals surface area contributed by atoms with Gasteiger partial charge in [0, 0.05) is 13.1 Å². The summed E-state index contributed by atoms with van der Waals surface area (Å²) in [6.07, 6.45) is 0. The van der Waals surface area contributed by atoms with Crippen LogP contribution in [0.25, 0.3) is 0 Å². The van der Waals surface area contributed by atoms with Crippen molar-refractivity contribution in [2.75, 3.05) is 19.3 Å². The summed E-state index contributed by atoms with van der Waals surface area (Å²) in [6.45, 7) is 2.31. The summed E-state index contributed by atoms with van der Waals surface area (Å²) in [5, 5.41) is 0.870. The average molecular weight is 475 g/mol. The summed E-state index contributed by atoms with van der Waals surface area (Å²) in [5.41, 5.74) is 6.50. The number of nitrogens with zero attached hydrogens (tertiary/aromatic N) is 3. The zero-order valence-electron chi connectivity index (χ0n) is 17.8. The molecule has 32 heavy (non-hydrogen) atoms. The predicted octanol–water partition coefficient (Wildman–Crippen LogP) is 3.28. The van der Waals surface area contributed by atoms with Crippen LogP contribution in [0.3, 0.4) is 0 Å². The van der Waals surface area contributed by atoms with Gasteiger partial charge in [0.25, 0.3) is 5.56 Å². The van der Waals surface area contributed by atoms with Crippen molar-refractivity contribution in [3.63, 3.8) is 0 Å². The van der Waals surface area contributed by atoms with E-state index in [1.165, 1.54) is 4.57 Å². The standard InChI is InChI=1S/C23H24Cl2N4O3/c1-3-28-22(31)20(21(26)29(23(28)32)13-15-7-5-4-6-8-15)19(30)14-27(2)12-16-9-10-17(24)18(25)11-16/h4-11H,3,12-14,26H2,1-2H3. The van der Waals surface area contributed by atoms with Crippen molar-refractivity contribution in [2.24, 2.45) is 0 Å². The van der Waals surface area contributed by atoms with Gasteiger partial charge in [-0.25, -0.2) is 4.79 Å². The fourth-order valence-electron chi connectivity index (χ4n) is 3.50. The highest BCUT2D eigenvalue weighted by atomic mass is 35.5. The van der Waals surface area contributed by atoms with Gasteiger partial charge in [0.1, 0.15) is 11.4 Å². The fraction of sp³-hybridized carbons (Fsp3) is 0.261. The molecule has 2 aromatic carbocycles. The Morgan fingerprint density at radius 1 is 1.00 bits per heavy atom. The number of carbonyl (C=O) groups excluding carboxylic acids is 1. The van der Waals surface area contributed by atoms with Crippen LogP contribution in [0.4, 0.5) is 5.82 Å². The second-order valence-corrected chi connectivity index (χ2v) is 8.32. The van der Waals surface area contributed by atoms with Crippen LogP contribution >= 0.6 is 23.2 Å².